The zero-order valence-electron chi connectivity index (χ0n) is 10.1. The van der Waals surface area contributed by atoms with E-state index in [0.29, 0.717) is 6.42 Å². The molecule has 5 heteroatoms. The number of rotatable bonds is 6. The lowest BCUT2D eigenvalue weighted by atomic mass is 10.0. The maximum Gasteiger partial charge on any atom is 0.361 e. The van der Waals surface area contributed by atoms with Crippen molar-refractivity contribution in [3.05, 3.63) is 35.4 Å². The molecule has 18 heavy (non-hydrogen) atoms. The summed E-state index contributed by atoms with van der Waals surface area (Å²) in [5.41, 5.74) is 1.31. The van der Waals surface area contributed by atoms with Gasteiger partial charge in [-0.2, -0.15) is 0 Å². The first-order valence-corrected chi connectivity index (χ1v) is 5.64. The predicted octanol–water partition coefficient (Wildman–Crippen LogP) is 1.67. The summed E-state index contributed by atoms with van der Waals surface area (Å²) >= 11 is 0. The fourth-order valence-electron chi connectivity index (χ4n) is 1.60. The molecular weight excluding hydrogens is 234 g/mol. The van der Waals surface area contributed by atoms with Crippen LogP contribution in [0.4, 0.5) is 0 Å². The van der Waals surface area contributed by atoms with Crippen LogP contribution < -0.4 is 0 Å². The number of Topliss-reactive ketones (excluding diaryl/α,β-unsaturated/α-hetero) is 1. The van der Waals surface area contributed by atoms with Crippen molar-refractivity contribution in [3.8, 4) is 0 Å². The van der Waals surface area contributed by atoms with E-state index < -0.39 is 17.5 Å². The minimum Gasteiger partial charge on any atom is -0.476 e. The van der Waals surface area contributed by atoms with Crippen molar-refractivity contribution in [1.82, 2.24) is 0 Å². The number of aryl methyl sites for hydroxylation is 2. The van der Waals surface area contributed by atoms with Gasteiger partial charge in [-0.15, -0.1) is 0 Å². The van der Waals surface area contributed by atoms with Crippen molar-refractivity contribution in [2.75, 3.05) is 0 Å². The molecule has 0 heterocycles. The van der Waals surface area contributed by atoms with Gasteiger partial charge in [-0.25, -0.2) is 4.79 Å². The summed E-state index contributed by atoms with van der Waals surface area (Å²) in [6, 6.07) is 7.74. The second kappa shape index (κ2) is 6.54. The first-order valence-electron chi connectivity index (χ1n) is 5.64. The molecule has 0 saturated carbocycles. The van der Waals surface area contributed by atoms with Crippen LogP contribution in [0.15, 0.2) is 29.4 Å². The molecule has 0 aliphatic heterocycles. The number of oxime groups is 1. The number of ketones is 1. The Balaban J connectivity index is 2.65. The van der Waals surface area contributed by atoms with Crippen molar-refractivity contribution in [3.63, 3.8) is 0 Å². The van der Waals surface area contributed by atoms with Gasteiger partial charge in [0.2, 0.25) is 5.71 Å². The Bertz CT molecular complexity index is 480. The molecule has 96 valence electrons. The second-order valence-corrected chi connectivity index (χ2v) is 3.85. The average molecular weight is 249 g/mol. The Morgan fingerprint density at radius 1 is 1.28 bits per heavy atom. The minimum absolute atomic E-state index is 0.0128. The number of benzene rings is 1. The van der Waals surface area contributed by atoms with Gasteiger partial charge in [0.05, 0.1) is 0 Å². The Morgan fingerprint density at radius 3 is 2.50 bits per heavy atom. The van der Waals surface area contributed by atoms with Gasteiger partial charge in [0.15, 0.2) is 5.78 Å². The standard InChI is InChI=1S/C13H15NO4/c1-2-9-4-3-5-10(8-9)6-7-11(15)12(14-18)13(16)17/h3-5,8,18H,2,6-7H2,1H3,(H,16,17). The molecule has 0 saturated heterocycles. The zero-order chi connectivity index (χ0) is 13.5. The third kappa shape index (κ3) is 3.69. The van der Waals surface area contributed by atoms with Gasteiger partial charge in [-0.3, -0.25) is 4.79 Å². The Labute approximate surface area is 105 Å². The van der Waals surface area contributed by atoms with Crippen LogP contribution in [0.5, 0.6) is 0 Å². The monoisotopic (exact) mass is 249 g/mol. The fraction of sp³-hybridized carbons (Fsp3) is 0.308. The molecule has 0 unspecified atom stereocenters. The summed E-state index contributed by atoms with van der Waals surface area (Å²) in [7, 11) is 0. The normalized spacial score (nSPS) is 11.3. The summed E-state index contributed by atoms with van der Waals surface area (Å²) in [5.74, 6) is -2.18. The Hall–Kier alpha value is -2.17. The first kappa shape index (κ1) is 13.9. The van der Waals surface area contributed by atoms with Crippen LogP contribution in [-0.2, 0) is 22.4 Å². The Morgan fingerprint density at radius 2 is 1.94 bits per heavy atom. The van der Waals surface area contributed by atoms with Crippen molar-refractivity contribution < 1.29 is 19.9 Å². The number of carbonyl (C=O) groups excluding carboxylic acids is 1. The number of hydrogen-bond acceptors (Lipinski definition) is 4. The largest absolute Gasteiger partial charge is 0.476 e. The molecule has 0 aliphatic carbocycles. The van der Waals surface area contributed by atoms with Gasteiger partial charge in [-0.1, -0.05) is 36.3 Å². The van der Waals surface area contributed by atoms with Gasteiger partial charge < -0.3 is 10.3 Å². The molecular formula is C13H15NO4. The number of hydrogen-bond donors (Lipinski definition) is 2. The highest BCUT2D eigenvalue weighted by atomic mass is 16.4. The van der Waals surface area contributed by atoms with E-state index in [1.807, 2.05) is 31.2 Å². The van der Waals surface area contributed by atoms with Crippen LogP contribution in [0.3, 0.4) is 0 Å². The van der Waals surface area contributed by atoms with Crippen LogP contribution in [0.1, 0.15) is 24.5 Å². The highest BCUT2D eigenvalue weighted by Gasteiger charge is 2.19. The smallest absolute Gasteiger partial charge is 0.361 e. The number of carbonyl (C=O) groups is 2. The molecule has 0 amide bonds. The summed E-state index contributed by atoms with van der Waals surface area (Å²) < 4.78 is 0. The Kier molecular flexibility index (Phi) is 5.05. The van der Waals surface area contributed by atoms with E-state index in [0.717, 1.165) is 17.5 Å². The van der Waals surface area contributed by atoms with Crippen molar-refractivity contribution >= 4 is 17.5 Å². The maximum atomic E-state index is 11.5. The maximum absolute atomic E-state index is 11.5. The topological polar surface area (TPSA) is 87.0 Å². The van der Waals surface area contributed by atoms with E-state index in [4.69, 9.17) is 10.3 Å². The highest BCUT2D eigenvalue weighted by Crippen LogP contribution is 2.08. The van der Waals surface area contributed by atoms with Gasteiger partial charge >= 0.3 is 5.97 Å². The second-order valence-electron chi connectivity index (χ2n) is 3.85. The molecule has 0 radical (unpaired) electrons. The summed E-state index contributed by atoms with van der Waals surface area (Å²) in [6.07, 6.45) is 1.35. The molecule has 2 N–H and O–H groups in total. The summed E-state index contributed by atoms with van der Waals surface area (Å²) in [6.45, 7) is 2.03. The molecule has 1 rings (SSSR count). The van der Waals surface area contributed by atoms with Crippen LogP contribution in [0.25, 0.3) is 0 Å². The molecule has 1 aromatic rings. The summed E-state index contributed by atoms with van der Waals surface area (Å²) in [5, 5.41) is 19.5. The van der Waals surface area contributed by atoms with Gasteiger partial charge in [0, 0.05) is 6.42 Å². The molecule has 0 fully saturated rings. The SMILES string of the molecule is CCc1cccc(CCC(=O)C(=NO)C(=O)O)c1. The predicted molar refractivity (Wildman–Crippen MR) is 66.0 cm³/mol. The number of carboxylic acid groups (broad SMARTS) is 1. The minimum atomic E-state index is -1.51. The lowest BCUT2D eigenvalue weighted by Gasteiger charge is -2.03. The molecule has 0 atom stereocenters. The van der Waals surface area contributed by atoms with E-state index in [1.54, 1.807) is 0 Å². The van der Waals surface area contributed by atoms with Crippen LogP contribution >= 0.6 is 0 Å². The average Bonchev–Trinajstić information content (AvgIpc) is 2.37. The van der Waals surface area contributed by atoms with E-state index in [2.05, 4.69) is 5.16 Å². The van der Waals surface area contributed by atoms with Crippen molar-refractivity contribution in [2.45, 2.75) is 26.2 Å². The van der Waals surface area contributed by atoms with E-state index in [9.17, 15) is 9.59 Å². The molecule has 0 aromatic heterocycles. The first-order chi connectivity index (χ1) is 8.58. The summed E-state index contributed by atoms with van der Waals surface area (Å²) in [4.78, 5) is 22.0. The molecule has 5 nitrogen and oxygen atoms in total. The van der Waals surface area contributed by atoms with Crippen molar-refractivity contribution in [2.24, 2.45) is 5.16 Å². The fourth-order valence-corrected chi connectivity index (χ4v) is 1.60. The molecule has 0 bridgehead atoms. The molecule has 0 spiro atoms. The quantitative estimate of drug-likeness (QED) is 0.347. The number of aliphatic carboxylic acids is 1. The highest BCUT2D eigenvalue weighted by molar-refractivity contribution is 6.63. The van der Waals surface area contributed by atoms with Crippen LogP contribution in [0, 0.1) is 0 Å². The van der Waals surface area contributed by atoms with Gasteiger partial charge in [-0.05, 0) is 24.0 Å². The van der Waals surface area contributed by atoms with Gasteiger partial charge in [0.25, 0.3) is 0 Å². The zero-order valence-corrected chi connectivity index (χ0v) is 10.1. The lowest BCUT2D eigenvalue weighted by Crippen LogP contribution is -2.24. The van der Waals surface area contributed by atoms with Crippen molar-refractivity contribution in [1.29, 1.82) is 0 Å². The number of nitrogens with zero attached hydrogens (tertiary/aromatic N) is 1. The van der Waals surface area contributed by atoms with Crippen LogP contribution in [-0.4, -0.2) is 27.8 Å². The number of carboxylic acids is 1. The molecule has 1 aromatic carbocycles. The van der Waals surface area contributed by atoms with Crippen LogP contribution in [0.2, 0.25) is 0 Å². The van der Waals surface area contributed by atoms with Gasteiger partial charge in [0.1, 0.15) is 0 Å². The van der Waals surface area contributed by atoms with E-state index in [-0.39, 0.29) is 6.42 Å². The van der Waals surface area contributed by atoms with E-state index >= 15 is 0 Å². The molecule has 0 aliphatic rings. The third-order valence-corrected chi connectivity index (χ3v) is 2.61. The lowest BCUT2D eigenvalue weighted by molar-refractivity contribution is -0.130. The van der Waals surface area contributed by atoms with E-state index in [1.165, 1.54) is 0 Å². The third-order valence-electron chi connectivity index (χ3n) is 2.61.